The molecule has 20 heavy (non-hydrogen) atoms. The van der Waals surface area contributed by atoms with Crippen LogP contribution in [0.15, 0.2) is 42.5 Å². The number of hydrogen-bond donors (Lipinski definition) is 0. The highest BCUT2D eigenvalue weighted by molar-refractivity contribution is 5.83. The lowest BCUT2D eigenvalue weighted by molar-refractivity contribution is -0.117. The molecule has 0 aliphatic carbocycles. The summed E-state index contributed by atoms with van der Waals surface area (Å²) in [6, 6.07) is 12.0. The van der Waals surface area contributed by atoms with Crippen molar-refractivity contribution < 1.29 is 13.9 Å². The van der Waals surface area contributed by atoms with E-state index in [1.54, 1.807) is 13.2 Å². The third kappa shape index (κ3) is 3.67. The normalized spacial score (nSPS) is 10.3. The second kappa shape index (κ2) is 6.33. The summed E-state index contributed by atoms with van der Waals surface area (Å²) in [6.07, 6.45) is 0.678. The molecule has 0 aliphatic heterocycles. The number of ether oxygens (including phenoxy) is 1. The van der Waals surface area contributed by atoms with Crippen LogP contribution < -0.4 is 4.74 Å². The SMILES string of the molecule is COc1cccc(CC(=O)Cc2ccc(F)cc2C)c1. The number of carbonyl (C=O) groups excluding carboxylic acids is 1. The first kappa shape index (κ1) is 14.3. The Balaban J connectivity index is 2.05. The topological polar surface area (TPSA) is 26.3 Å². The summed E-state index contributed by atoms with van der Waals surface area (Å²) in [5, 5.41) is 0. The number of Topliss-reactive ketones (excluding diaryl/α,β-unsaturated/α-hetero) is 1. The van der Waals surface area contributed by atoms with Gasteiger partial charge in [0, 0.05) is 12.8 Å². The maximum atomic E-state index is 13.0. The van der Waals surface area contributed by atoms with Crippen molar-refractivity contribution in [2.45, 2.75) is 19.8 Å². The molecule has 0 aromatic heterocycles. The molecule has 2 aromatic carbocycles. The van der Waals surface area contributed by atoms with Crippen molar-refractivity contribution in [2.24, 2.45) is 0 Å². The van der Waals surface area contributed by atoms with Gasteiger partial charge in [-0.15, -0.1) is 0 Å². The standard InChI is InChI=1S/C17H17FO2/c1-12-8-15(18)7-6-14(12)11-16(19)9-13-4-3-5-17(10-13)20-2/h3-8,10H,9,11H2,1-2H3. The fourth-order valence-electron chi connectivity index (χ4n) is 2.14. The molecule has 0 heterocycles. The van der Waals surface area contributed by atoms with Gasteiger partial charge in [0.1, 0.15) is 17.3 Å². The fourth-order valence-corrected chi connectivity index (χ4v) is 2.14. The minimum absolute atomic E-state index is 0.105. The number of methoxy groups -OCH3 is 1. The van der Waals surface area contributed by atoms with Gasteiger partial charge in [0.15, 0.2) is 0 Å². The predicted octanol–water partition coefficient (Wildman–Crippen LogP) is 3.50. The molecule has 0 aliphatic rings. The van der Waals surface area contributed by atoms with E-state index in [1.165, 1.54) is 12.1 Å². The van der Waals surface area contributed by atoms with Crippen molar-refractivity contribution in [1.82, 2.24) is 0 Å². The molecule has 0 radical (unpaired) electrons. The lowest BCUT2D eigenvalue weighted by Crippen LogP contribution is -2.08. The first-order chi connectivity index (χ1) is 9.58. The number of halogens is 1. The van der Waals surface area contributed by atoms with Crippen LogP contribution in [0, 0.1) is 12.7 Å². The molecule has 2 rings (SSSR count). The van der Waals surface area contributed by atoms with E-state index < -0.39 is 0 Å². The monoisotopic (exact) mass is 272 g/mol. The van der Waals surface area contributed by atoms with E-state index in [-0.39, 0.29) is 11.6 Å². The van der Waals surface area contributed by atoms with Gasteiger partial charge >= 0.3 is 0 Å². The second-order valence-electron chi connectivity index (χ2n) is 4.81. The molecule has 0 fully saturated rings. The van der Waals surface area contributed by atoms with Crippen LogP contribution in [0.1, 0.15) is 16.7 Å². The smallest absolute Gasteiger partial charge is 0.141 e. The molecule has 104 valence electrons. The Morgan fingerprint density at radius 2 is 1.95 bits per heavy atom. The molecule has 0 amide bonds. The van der Waals surface area contributed by atoms with Crippen LogP contribution in [-0.2, 0) is 17.6 Å². The van der Waals surface area contributed by atoms with Gasteiger partial charge in [-0.25, -0.2) is 4.39 Å². The van der Waals surface area contributed by atoms with Gasteiger partial charge in [0.2, 0.25) is 0 Å². The lowest BCUT2D eigenvalue weighted by atomic mass is 9.99. The third-order valence-electron chi connectivity index (χ3n) is 3.23. The molecule has 2 aromatic rings. The summed E-state index contributed by atoms with van der Waals surface area (Å²) in [4.78, 5) is 12.1. The first-order valence-corrected chi connectivity index (χ1v) is 6.48. The van der Waals surface area contributed by atoms with Crippen LogP contribution in [0.5, 0.6) is 5.75 Å². The number of ketones is 1. The highest BCUT2D eigenvalue weighted by Gasteiger charge is 2.08. The van der Waals surface area contributed by atoms with E-state index in [4.69, 9.17) is 4.74 Å². The van der Waals surface area contributed by atoms with Crippen LogP contribution in [-0.4, -0.2) is 12.9 Å². The average molecular weight is 272 g/mol. The van der Waals surface area contributed by atoms with Gasteiger partial charge in [-0.2, -0.15) is 0 Å². The minimum Gasteiger partial charge on any atom is -0.497 e. The zero-order chi connectivity index (χ0) is 14.5. The Labute approximate surface area is 118 Å². The second-order valence-corrected chi connectivity index (χ2v) is 4.81. The Hall–Kier alpha value is -2.16. The summed E-state index contributed by atoms with van der Waals surface area (Å²) >= 11 is 0. The highest BCUT2D eigenvalue weighted by atomic mass is 19.1. The average Bonchev–Trinajstić information content (AvgIpc) is 2.42. The van der Waals surface area contributed by atoms with E-state index in [0.29, 0.717) is 12.8 Å². The molecule has 0 bridgehead atoms. The van der Waals surface area contributed by atoms with Crippen LogP contribution in [0.4, 0.5) is 4.39 Å². The number of benzene rings is 2. The van der Waals surface area contributed by atoms with E-state index >= 15 is 0 Å². The summed E-state index contributed by atoms with van der Waals surface area (Å²) in [7, 11) is 1.60. The van der Waals surface area contributed by atoms with Gasteiger partial charge in [-0.3, -0.25) is 4.79 Å². The first-order valence-electron chi connectivity index (χ1n) is 6.48. The molecular weight excluding hydrogens is 255 g/mol. The number of rotatable bonds is 5. The van der Waals surface area contributed by atoms with Crippen molar-refractivity contribution in [2.75, 3.05) is 7.11 Å². The molecule has 2 nitrogen and oxygen atoms in total. The molecule has 0 unspecified atom stereocenters. The Morgan fingerprint density at radius 3 is 2.65 bits per heavy atom. The highest BCUT2D eigenvalue weighted by Crippen LogP contribution is 2.15. The van der Waals surface area contributed by atoms with Gasteiger partial charge in [0.05, 0.1) is 7.11 Å². The van der Waals surface area contributed by atoms with Gasteiger partial charge in [0.25, 0.3) is 0 Å². The van der Waals surface area contributed by atoms with E-state index in [2.05, 4.69) is 0 Å². The predicted molar refractivity (Wildman–Crippen MR) is 76.5 cm³/mol. The van der Waals surface area contributed by atoms with Crippen molar-refractivity contribution in [3.63, 3.8) is 0 Å². The van der Waals surface area contributed by atoms with Crippen molar-refractivity contribution in [1.29, 1.82) is 0 Å². The fraction of sp³-hybridized carbons (Fsp3) is 0.235. The van der Waals surface area contributed by atoms with Gasteiger partial charge in [-0.1, -0.05) is 18.2 Å². The minimum atomic E-state index is -0.272. The van der Waals surface area contributed by atoms with Crippen molar-refractivity contribution in [3.05, 3.63) is 65.0 Å². The van der Waals surface area contributed by atoms with Crippen LogP contribution in [0.25, 0.3) is 0 Å². The van der Waals surface area contributed by atoms with Crippen LogP contribution in [0.3, 0.4) is 0 Å². The summed E-state index contributed by atoms with van der Waals surface area (Å²) in [5.41, 5.74) is 2.61. The van der Waals surface area contributed by atoms with Crippen LogP contribution >= 0.6 is 0 Å². The molecule has 0 spiro atoms. The zero-order valence-electron chi connectivity index (χ0n) is 11.7. The molecule has 0 atom stereocenters. The van der Waals surface area contributed by atoms with Gasteiger partial charge in [-0.05, 0) is 47.9 Å². The van der Waals surface area contributed by atoms with Gasteiger partial charge < -0.3 is 4.74 Å². The molecule has 0 saturated carbocycles. The summed E-state index contributed by atoms with van der Waals surface area (Å²) in [5.74, 6) is 0.577. The molecule has 3 heteroatoms. The zero-order valence-corrected chi connectivity index (χ0v) is 11.7. The molecule has 0 N–H and O–H groups in total. The lowest BCUT2D eigenvalue weighted by Gasteiger charge is -2.06. The number of hydrogen-bond acceptors (Lipinski definition) is 2. The number of aryl methyl sites for hydroxylation is 1. The van der Waals surface area contributed by atoms with E-state index in [9.17, 15) is 9.18 Å². The maximum Gasteiger partial charge on any atom is 0.141 e. The molecule has 0 saturated heterocycles. The Bertz CT molecular complexity index is 620. The quantitative estimate of drug-likeness (QED) is 0.832. The van der Waals surface area contributed by atoms with Crippen molar-refractivity contribution >= 4 is 5.78 Å². The maximum absolute atomic E-state index is 13.0. The van der Waals surface area contributed by atoms with Crippen LogP contribution in [0.2, 0.25) is 0 Å². The largest absolute Gasteiger partial charge is 0.497 e. The van der Waals surface area contributed by atoms with E-state index in [1.807, 2.05) is 31.2 Å². The van der Waals surface area contributed by atoms with Crippen molar-refractivity contribution in [3.8, 4) is 5.75 Å². The third-order valence-corrected chi connectivity index (χ3v) is 3.23. The Morgan fingerprint density at radius 1 is 1.15 bits per heavy atom. The summed E-state index contributed by atoms with van der Waals surface area (Å²) in [6.45, 7) is 1.82. The number of carbonyl (C=O) groups is 1. The molecular formula is C17H17FO2. The summed E-state index contributed by atoms with van der Waals surface area (Å²) < 4.78 is 18.2. The Kier molecular flexibility index (Phi) is 4.51. The van der Waals surface area contributed by atoms with E-state index in [0.717, 1.165) is 22.4 Å².